The van der Waals surface area contributed by atoms with Crippen molar-refractivity contribution in [2.24, 2.45) is 0 Å². The Labute approximate surface area is 169 Å². The third-order valence-corrected chi connectivity index (χ3v) is 5.11. The summed E-state index contributed by atoms with van der Waals surface area (Å²) in [6.45, 7) is 0. The van der Waals surface area contributed by atoms with Crippen LogP contribution < -0.4 is 5.32 Å². The van der Waals surface area contributed by atoms with E-state index in [-0.39, 0.29) is 5.91 Å². The van der Waals surface area contributed by atoms with E-state index in [4.69, 9.17) is 9.47 Å². The predicted molar refractivity (Wildman–Crippen MR) is 108 cm³/mol. The number of carbonyl (C=O) groups is 2. The fourth-order valence-electron chi connectivity index (χ4n) is 3.64. The minimum Gasteiger partial charge on any atom is -0.467 e. The van der Waals surface area contributed by atoms with Gasteiger partial charge in [0.15, 0.2) is 12.2 Å². The van der Waals surface area contributed by atoms with E-state index in [0.717, 1.165) is 16.7 Å². The second-order valence-corrected chi connectivity index (χ2v) is 6.84. The first-order chi connectivity index (χ1) is 14.2. The molecule has 1 amide bonds. The van der Waals surface area contributed by atoms with Crippen molar-refractivity contribution in [2.75, 3.05) is 7.11 Å². The van der Waals surface area contributed by atoms with Crippen LogP contribution in [0, 0.1) is 0 Å². The highest BCUT2D eigenvalue weighted by Crippen LogP contribution is 2.38. The molecule has 1 aliphatic heterocycles. The lowest BCUT2D eigenvalue weighted by atomic mass is 9.77. The van der Waals surface area contributed by atoms with E-state index in [9.17, 15) is 9.59 Å². The van der Waals surface area contributed by atoms with Crippen LogP contribution >= 0.6 is 0 Å². The fraction of sp³-hybridized carbons (Fsp3) is 0.167. The summed E-state index contributed by atoms with van der Waals surface area (Å²) >= 11 is 0. The summed E-state index contributed by atoms with van der Waals surface area (Å²) < 4.78 is 9.99. The number of hydrogen-bond donors (Lipinski definition) is 1. The molecule has 1 saturated heterocycles. The molecule has 146 valence electrons. The number of benzene rings is 3. The molecule has 0 aliphatic carbocycles. The minimum atomic E-state index is -0.937. The number of nitrogens with one attached hydrogen (secondary N) is 1. The van der Waals surface area contributed by atoms with Crippen molar-refractivity contribution >= 4 is 11.9 Å². The van der Waals surface area contributed by atoms with E-state index in [1.165, 1.54) is 7.11 Å². The molecule has 5 nitrogen and oxygen atoms in total. The van der Waals surface area contributed by atoms with Crippen molar-refractivity contribution in [3.05, 3.63) is 108 Å². The van der Waals surface area contributed by atoms with Crippen molar-refractivity contribution in [3.8, 4) is 0 Å². The second kappa shape index (κ2) is 7.89. The smallest absolute Gasteiger partial charge is 0.338 e. The van der Waals surface area contributed by atoms with Gasteiger partial charge in [-0.25, -0.2) is 4.79 Å². The monoisotopic (exact) mass is 387 g/mol. The zero-order valence-corrected chi connectivity index (χ0v) is 15.9. The molecule has 1 aliphatic rings. The molecule has 5 heteroatoms. The summed E-state index contributed by atoms with van der Waals surface area (Å²) in [5.41, 5.74) is 1.77. The number of carbonyl (C=O) groups excluding carboxylic acids is 2. The first-order valence-corrected chi connectivity index (χ1v) is 9.38. The van der Waals surface area contributed by atoms with Crippen molar-refractivity contribution in [2.45, 2.75) is 17.7 Å². The molecular weight excluding hydrogens is 366 g/mol. The molecule has 1 fully saturated rings. The second-order valence-electron chi connectivity index (χ2n) is 6.84. The van der Waals surface area contributed by atoms with Gasteiger partial charge >= 0.3 is 5.97 Å². The van der Waals surface area contributed by atoms with E-state index in [2.05, 4.69) is 5.32 Å². The maximum Gasteiger partial charge on any atom is 0.338 e. The van der Waals surface area contributed by atoms with Gasteiger partial charge in [0.1, 0.15) is 5.54 Å². The Morgan fingerprint density at radius 2 is 1.17 bits per heavy atom. The van der Waals surface area contributed by atoms with Crippen LogP contribution in [0.3, 0.4) is 0 Å². The summed E-state index contributed by atoms with van der Waals surface area (Å²) in [6, 6.07) is 29.3. The molecule has 0 spiro atoms. The summed E-state index contributed by atoms with van der Waals surface area (Å²) in [5, 5.41) is 3.18. The van der Waals surface area contributed by atoms with Crippen LogP contribution in [0.25, 0.3) is 0 Å². The average molecular weight is 387 g/mol. The molecule has 0 bridgehead atoms. The molecule has 29 heavy (non-hydrogen) atoms. The average Bonchev–Trinajstić information content (AvgIpc) is 3.60. The summed E-state index contributed by atoms with van der Waals surface area (Å²) in [4.78, 5) is 24.9. The SMILES string of the molecule is COC(=O)C1OC1C(=O)NC(c1ccccc1)(c1ccccc1)c1ccccc1. The normalized spacial score (nSPS) is 18.0. The molecule has 4 rings (SSSR count). The van der Waals surface area contributed by atoms with Gasteiger partial charge in [-0.3, -0.25) is 4.79 Å². The molecular formula is C24H21NO4. The highest BCUT2D eigenvalue weighted by molar-refractivity contribution is 5.93. The molecule has 1 N–H and O–H groups in total. The molecule has 2 unspecified atom stereocenters. The number of ether oxygens (including phenoxy) is 2. The predicted octanol–water partition coefficient (Wildman–Crippen LogP) is 3.04. The molecule has 0 radical (unpaired) electrons. The molecule has 3 aromatic carbocycles. The lowest BCUT2D eigenvalue weighted by molar-refractivity contribution is -0.142. The van der Waals surface area contributed by atoms with Gasteiger partial charge in [-0.2, -0.15) is 0 Å². The van der Waals surface area contributed by atoms with Gasteiger partial charge < -0.3 is 14.8 Å². The third-order valence-electron chi connectivity index (χ3n) is 5.11. The van der Waals surface area contributed by atoms with Gasteiger partial charge in [0.2, 0.25) is 0 Å². The van der Waals surface area contributed by atoms with Gasteiger partial charge in [-0.1, -0.05) is 91.0 Å². The maximum absolute atomic E-state index is 13.1. The Kier molecular flexibility index (Phi) is 5.14. The van der Waals surface area contributed by atoms with Gasteiger partial charge in [-0.15, -0.1) is 0 Å². The minimum absolute atomic E-state index is 0.364. The van der Waals surface area contributed by atoms with Gasteiger partial charge in [-0.05, 0) is 16.7 Å². The third kappa shape index (κ3) is 3.52. The Bertz CT molecular complexity index is 892. The van der Waals surface area contributed by atoms with Crippen LogP contribution in [0.4, 0.5) is 0 Å². The quantitative estimate of drug-likeness (QED) is 0.401. The fourth-order valence-corrected chi connectivity index (χ4v) is 3.64. The standard InChI is InChI=1S/C24H21NO4/c1-28-23(27)21-20(29-21)22(26)25-24(17-11-5-2-6-12-17,18-13-7-3-8-14-18)19-15-9-4-10-16-19/h2-16,20-21H,1H3,(H,25,26). The van der Waals surface area contributed by atoms with Crippen LogP contribution in [0.2, 0.25) is 0 Å². The topological polar surface area (TPSA) is 67.9 Å². The van der Waals surface area contributed by atoms with Crippen LogP contribution in [0.1, 0.15) is 16.7 Å². The summed E-state index contributed by atoms with van der Waals surface area (Å²) in [7, 11) is 1.28. The van der Waals surface area contributed by atoms with Gasteiger partial charge in [0.05, 0.1) is 7.11 Å². The number of rotatable bonds is 6. The number of methoxy groups -OCH3 is 1. The van der Waals surface area contributed by atoms with E-state index < -0.39 is 23.7 Å². The highest BCUT2D eigenvalue weighted by Gasteiger charge is 2.53. The van der Waals surface area contributed by atoms with E-state index in [0.29, 0.717) is 0 Å². The number of hydrogen-bond acceptors (Lipinski definition) is 4. The van der Waals surface area contributed by atoms with Crippen LogP contribution in [-0.4, -0.2) is 31.2 Å². The van der Waals surface area contributed by atoms with Gasteiger partial charge in [0, 0.05) is 0 Å². The number of amides is 1. The molecule has 3 aromatic rings. The Balaban J connectivity index is 1.83. The zero-order valence-electron chi connectivity index (χ0n) is 15.9. The van der Waals surface area contributed by atoms with E-state index >= 15 is 0 Å². The summed E-state index contributed by atoms with van der Waals surface area (Å²) in [6.07, 6.45) is -1.72. The lowest BCUT2D eigenvalue weighted by Gasteiger charge is -2.36. The molecule has 1 heterocycles. The van der Waals surface area contributed by atoms with Crippen molar-refractivity contribution in [3.63, 3.8) is 0 Å². The first-order valence-electron chi connectivity index (χ1n) is 9.38. The zero-order chi connectivity index (χ0) is 20.3. The lowest BCUT2D eigenvalue weighted by Crippen LogP contribution is -2.49. The van der Waals surface area contributed by atoms with Crippen LogP contribution in [0.5, 0.6) is 0 Å². The van der Waals surface area contributed by atoms with Crippen molar-refractivity contribution in [1.82, 2.24) is 5.32 Å². The number of epoxide rings is 1. The Morgan fingerprint density at radius 1 is 0.759 bits per heavy atom. The van der Waals surface area contributed by atoms with Gasteiger partial charge in [0.25, 0.3) is 5.91 Å². The van der Waals surface area contributed by atoms with Crippen molar-refractivity contribution in [1.29, 1.82) is 0 Å². The molecule has 0 saturated carbocycles. The summed E-state index contributed by atoms with van der Waals surface area (Å²) in [5.74, 6) is -0.910. The molecule has 2 atom stereocenters. The number of esters is 1. The van der Waals surface area contributed by atoms with Crippen LogP contribution in [-0.2, 0) is 24.6 Å². The van der Waals surface area contributed by atoms with Crippen LogP contribution in [0.15, 0.2) is 91.0 Å². The largest absolute Gasteiger partial charge is 0.467 e. The molecule has 0 aromatic heterocycles. The van der Waals surface area contributed by atoms with E-state index in [1.54, 1.807) is 0 Å². The maximum atomic E-state index is 13.1. The van der Waals surface area contributed by atoms with Crippen molar-refractivity contribution < 1.29 is 19.1 Å². The Hall–Kier alpha value is -3.44. The van der Waals surface area contributed by atoms with E-state index in [1.807, 2.05) is 91.0 Å². The highest BCUT2D eigenvalue weighted by atomic mass is 16.6. The first kappa shape index (κ1) is 18.9. The Morgan fingerprint density at radius 3 is 1.55 bits per heavy atom.